The van der Waals surface area contributed by atoms with Gasteiger partial charge in [0.15, 0.2) is 0 Å². The maximum atomic E-state index is 10.6. The fourth-order valence-corrected chi connectivity index (χ4v) is 2.64. The minimum absolute atomic E-state index is 0.748. The van der Waals surface area contributed by atoms with Gasteiger partial charge in [0.05, 0.1) is 5.69 Å². The quantitative estimate of drug-likeness (QED) is 0.663. The zero-order valence-electron chi connectivity index (χ0n) is 8.37. The van der Waals surface area contributed by atoms with Gasteiger partial charge in [0, 0.05) is 35.3 Å². The summed E-state index contributed by atoms with van der Waals surface area (Å²) in [5.74, 6) is 0. The lowest BCUT2D eigenvalue weighted by Crippen LogP contribution is -2.43. The van der Waals surface area contributed by atoms with E-state index in [1.54, 1.807) is 0 Å². The number of nitrogens with zero attached hydrogens (tertiary/aromatic N) is 1. The number of carbonyl (C=O) groups excluding carboxylic acids is 1. The van der Waals surface area contributed by atoms with Crippen LogP contribution >= 0.6 is 22.6 Å². The molecule has 1 aliphatic heterocycles. The van der Waals surface area contributed by atoms with Crippen molar-refractivity contribution in [1.29, 1.82) is 0 Å². The van der Waals surface area contributed by atoms with Gasteiger partial charge in [-0.1, -0.05) is 0 Å². The molecule has 4 heteroatoms. The van der Waals surface area contributed by atoms with E-state index in [0.29, 0.717) is 0 Å². The zero-order valence-corrected chi connectivity index (χ0v) is 10.5. The Labute approximate surface area is 103 Å². The molecule has 0 radical (unpaired) electrons. The van der Waals surface area contributed by atoms with E-state index in [4.69, 9.17) is 0 Å². The largest absolute Gasteiger partial charge is 0.368 e. The molecule has 1 heterocycles. The normalized spacial score (nSPS) is 16.5. The highest BCUT2D eigenvalue weighted by Gasteiger charge is 2.12. The van der Waals surface area contributed by atoms with Crippen LogP contribution in [0.4, 0.5) is 5.69 Å². The monoisotopic (exact) mass is 316 g/mol. The molecule has 1 aliphatic rings. The highest BCUT2D eigenvalue weighted by Crippen LogP contribution is 2.23. The molecular formula is C11H13IN2O. The predicted molar refractivity (Wildman–Crippen MR) is 69.6 cm³/mol. The standard InChI is InChI=1S/C11H13IN2O/c12-10-7-9(8-15)1-2-11(10)14-5-3-13-4-6-14/h1-2,7-8,13H,3-6H2. The third-order valence-corrected chi connectivity index (χ3v) is 3.43. The van der Waals surface area contributed by atoms with Gasteiger partial charge in [0.25, 0.3) is 0 Å². The lowest BCUT2D eigenvalue weighted by atomic mass is 10.2. The second-order valence-corrected chi connectivity index (χ2v) is 4.73. The molecule has 80 valence electrons. The summed E-state index contributed by atoms with van der Waals surface area (Å²) in [6.07, 6.45) is 0.893. The lowest BCUT2D eigenvalue weighted by Gasteiger charge is -2.30. The molecule has 0 amide bonds. The number of halogens is 1. The van der Waals surface area contributed by atoms with E-state index in [9.17, 15) is 4.79 Å². The van der Waals surface area contributed by atoms with Gasteiger partial charge < -0.3 is 10.2 Å². The smallest absolute Gasteiger partial charge is 0.150 e. The lowest BCUT2D eigenvalue weighted by molar-refractivity contribution is 0.112. The first-order valence-corrected chi connectivity index (χ1v) is 6.09. The molecule has 15 heavy (non-hydrogen) atoms. The van der Waals surface area contributed by atoms with Crippen LogP contribution in [0.1, 0.15) is 10.4 Å². The topological polar surface area (TPSA) is 32.3 Å². The van der Waals surface area contributed by atoms with Crippen LogP contribution in [0.15, 0.2) is 18.2 Å². The maximum absolute atomic E-state index is 10.6. The van der Waals surface area contributed by atoms with Crippen LogP contribution in [-0.2, 0) is 0 Å². The second kappa shape index (κ2) is 4.94. The van der Waals surface area contributed by atoms with Crippen LogP contribution < -0.4 is 10.2 Å². The summed E-state index contributed by atoms with van der Waals surface area (Å²) < 4.78 is 1.15. The Morgan fingerprint density at radius 2 is 2.07 bits per heavy atom. The first kappa shape index (κ1) is 10.9. The van der Waals surface area contributed by atoms with Gasteiger partial charge in [-0.25, -0.2) is 0 Å². The Bertz CT molecular complexity index is 362. The number of hydrogen-bond acceptors (Lipinski definition) is 3. The number of benzene rings is 1. The molecule has 2 rings (SSSR count). The SMILES string of the molecule is O=Cc1ccc(N2CCNCC2)c(I)c1. The zero-order chi connectivity index (χ0) is 10.7. The third kappa shape index (κ3) is 2.49. The van der Waals surface area contributed by atoms with E-state index in [-0.39, 0.29) is 0 Å². The van der Waals surface area contributed by atoms with E-state index >= 15 is 0 Å². The van der Waals surface area contributed by atoms with Crippen molar-refractivity contribution in [2.75, 3.05) is 31.1 Å². The molecule has 1 aromatic rings. The van der Waals surface area contributed by atoms with Crippen LogP contribution in [0.2, 0.25) is 0 Å². The summed E-state index contributed by atoms with van der Waals surface area (Å²) in [5, 5.41) is 3.33. The molecule has 3 nitrogen and oxygen atoms in total. The number of aldehydes is 1. The highest BCUT2D eigenvalue weighted by atomic mass is 127. The number of piperazine rings is 1. The van der Waals surface area contributed by atoms with Crippen molar-refractivity contribution in [3.8, 4) is 0 Å². The van der Waals surface area contributed by atoms with Crippen molar-refractivity contribution in [2.45, 2.75) is 0 Å². The van der Waals surface area contributed by atoms with Gasteiger partial charge in [0.1, 0.15) is 6.29 Å². The van der Waals surface area contributed by atoms with Gasteiger partial charge in [-0.3, -0.25) is 4.79 Å². The van der Waals surface area contributed by atoms with Crippen molar-refractivity contribution in [2.24, 2.45) is 0 Å². The molecule has 0 aliphatic carbocycles. The summed E-state index contributed by atoms with van der Waals surface area (Å²) in [6.45, 7) is 4.14. The summed E-state index contributed by atoms with van der Waals surface area (Å²) in [5.41, 5.74) is 1.99. The molecule has 1 N–H and O–H groups in total. The Morgan fingerprint density at radius 3 is 2.67 bits per heavy atom. The van der Waals surface area contributed by atoms with Crippen molar-refractivity contribution in [3.05, 3.63) is 27.3 Å². The molecule has 0 bridgehead atoms. The van der Waals surface area contributed by atoms with E-state index in [2.05, 4.69) is 32.8 Å². The molecule has 0 saturated carbocycles. The Morgan fingerprint density at radius 1 is 1.33 bits per heavy atom. The van der Waals surface area contributed by atoms with E-state index in [0.717, 1.165) is 41.6 Å². The van der Waals surface area contributed by atoms with Crippen molar-refractivity contribution in [1.82, 2.24) is 5.32 Å². The van der Waals surface area contributed by atoms with Crippen LogP contribution in [0, 0.1) is 3.57 Å². The summed E-state index contributed by atoms with van der Waals surface area (Å²) in [7, 11) is 0. The molecule has 0 spiro atoms. The summed E-state index contributed by atoms with van der Waals surface area (Å²) >= 11 is 2.29. The predicted octanol–water partition coefficient (Wildman–Crippen LogP) is 1.51. The number of rotatable bonds is 2. The molecule has 1 aromatic carbocycles. The second-order valence-electron chi connectivity index (χ2n) is 3.57. The van der Waals surface area contributed by atoms with Gasteiger partial charge in [0.2, 0.25) is 0 Å². The van der Waals surface area contributed by atoms with Crippen molar-refractivity contribution in [3.63, 3.8) is 0 Å². The summed E-state index contributed by atoms with van der Waals surface area (Å²) in [6, 6.07) is 5.86. The fraction of sp³-hybridized carbons (Fsp3) is 0.364. The molecule has 0 aromatic heterocycles. The molecular weight excluding hydrogens is 303 g/mol. The number of nitrogens with one attached hydrogen (secondary N) is 1. The number of hydrogen-bond donors (Lipinski definition) is 1. The molecule has 0 unspecified atom stereocenters. The average molecular weight is 316 g/mol. The van der Waals surface area contributed by atoms with Crippen LogP contribution in [0.25, 0.3) is 0 Å². The minimum Gasteiger partial charge on any atom is -0.368 e. The first-order chi connectivity index (χ1) is 7.31. The summed E-state index contributed by atoms with van der Waals surface area (Å²) in [4.78, 5) is 13.0. The van der Waals surface area contributed by atoms with E-state index in [1.165, 1.54) is 5.69 Å². The average Bonchev–Trinajstić information content (AvgIpc) is 2.30. The van der Waals surface area contributed by atoms with Gasteiger partial charge in [-0.15, -0.1) is 0 Å². The molecule has 0 atom stereocenters. The Kier molecular flexibility index (Phi) is 3.58. The maximum Gasteiger partial charge on any atom is 0.150 e. The third-order valence-electron chi connectivity index (χ3n) is 2.57. The van der Waals surface area contributed by atoms with Crippen molar-refractivity contribution >= 4 is 34.6 Å². The fourth-order valence-electron chi connectivity index (χ4n) is 1.76. The van der Waals surface area contributed by atoms with Crippen molar-refractivity contribution < 1.29 is 4.79 Å². The molecule has 1 saturated heterocycles. The number of carbonyl (C=O) groups is 1. The van der Waals surface area contributed by atoms with Crippen LogP contribution in [0.3, 0.4) is 0 Å². The Hall–Kier alpha value is -0.620. The first-order valence-electron chi connectivity index (χ1n) is 5.01. The number of anilines is 1. The van der Waals surface area contributed by atoms with Gasteiger partial charge in [-0.05, 0) is 40.8 Å². The van der Waals surface area contributed by atoms with Crippen LogP contribution in [0.5, 0.6) is 0 Å². The van der Waals surface area contributed by atoms with E-state index in [1.807, 2.05) is 18.2 Å². The molecule has 1 fully saturated rings. The minimum atomic E-state index is 0.748. The van der Waals surface area contributed by atoms with Gasteiger partial charge >= 0.3 is 0 Å². The van der Waals surface area contributed by atoms with Gasteiger partial charge in [-0.2, -0.15) is 0 Å². The van der Waals surface area contributed by atoms with E-state index < -0.39 is 0 Å². The van der Waals surface area contributed by atoms with Crippen LogP contribution in [-0.4, -0.2) is 32.5 Å². The Balaban J connectivity index is 2.23. The highest BCUT2D eigenvalue weighted by molar-refractivity contribution is 14.1.